The van der Waals surface area contributed by atoms with Gasteiger partial charge in [-0.2, -0.15) is 5.26 Å². The molecule has 0 aromatic heterocycles. The molecule has 4 nitrogen and oxygen atoms in total. The third-order valence-corrected chi connectivity index (χ3v) is 3.03. The zero-order valence-corrected chi connectivity index (χ0v) is 10.1. The van der Waals surface area contributed by atoms with Crippen LogP contribution in [0.4, 0.5) is 0 Å². The second-order valence-corrected chi connectivity index (χ2v) is 4.32. The number of nitriles is 1. The van der Waals surface area contributed by atoms with Crippen LogP contribution in [0.5, 0.6) is 5.75 Å². The molecule has 5 heteroatoms. The van der Waals surface area contributed by atoms with E-state index in [1.165, 1.54) is 0 Å². The van der Waals surface area contributed by atoms with Crippen molar-refractivity contribution in [2.24, 2.45) is 0 Å². The predicted molar refractivity (Wildman–Crippen MR) is 62.8 cm³/mol. The Labute approximate surface area is 104 Å². The van der Waals surface area contributed by atoms with E-state index in [0.29, 0.717) is 29.3 Å². The largest absolute Gasteiger partial charge is 0.480 e. The van der Waals surface area contributed by atoms with Gasteiger partial charge in [-0.25, -0.2) is 0 Å². The van der Waals surface area contributed by atoms with Crippen LogP contribution in [0.25, 0.3) is 0 Å². The van der Waals surface area contributed by atoms with Crippen molar-refractivity contribution in [1.29, 1.82) is 5.26 Å². The molecule has 1 heterocycles. The van der Waals surface area contributed by atoms with Crippen molar-refractivity contribution in [3.05, 3.63) is 28.8 Å². The van der Waals surface area contributed by atoms with Crippen LogP contribution in [0, 0.1) is 11.3 Å². The average Bonchev–Trinajstić information content (AvgIpc) is 2.61. The van der Waals surface area contributed by atoms with Crippen LogP contribution in [0.15, 0.2) is 18.2 Å². The summed E-state index contributed by atoms with van der Waals surface area (Å²) in [6.07, 6.45) is 0.233. The number of benzene rings is 1. The van der Waals surface area contributed by atoms with Gasteiger partial charge in [0.1, 0.15) is 11.8 Å². The molecule has 1 aliphatic rings. The Balaban J connectivity index is 2.13. The molecule has 1 saturated heterocycles. The summed E-state index contributed by atoms with van der Waals surface area (Å²) < 4.78 is 5.55. The zero-order valence-electron chi connectivity index (χ0n) is 9.31. The normalized spacial score (nSPS) is 19.2. The average molecular weight is 251 g/mol. The molecule has 1 unspecified atom stereocenters. The van der Waals surface area contributed by atoms with Crippen molar-refractivity contribution in [2.75, 3.05) is 13.6 Å². The third kappa shape index (κ3) is 2.34. The van der Waals surface area contributed by atoms with Crippen molar-refractivity contribution < 1.29 is 9.53 Å². The number of hydrogen-bond donors (Lipinski definition) is 0. The number of carbonyl (C=O) groups is 1. The van der Waals surface area contributed by atoms with Gasteiger partial charge in [0.15, 0.2) is 6.10 Å². The van der Waals surface area contributed by atoms with Crippen molar-refractivity contribution in [1.82, 2.24) is 4.90 Å². The molecule has 0 saturated carbocycles. The minimum Gasteiger partial charge on any atom is -0.480 e. The molecule has 88 valence electrons. The molecule has 2 rings (SSSR count). The number of likely N-dealkylation sites (tertiary alicyclic amines) is 1. The minimum atomic E-state index is -0.441. The van der Waals surface area contributed by atoms with Gasteiger partial charge < -0.3 is 9.64 Å². The summed E-state index contributed by atoms with van der Waals surface area (Å²) in [7, 11) is 1.75. The fourth-order valence-electron chi connectivity index (χ4n) is 1.72. The number of ether oxygens (including phenoxy) is 1. The first-order valence-corrected chi connectivity index (χ1v) is 5.61. The second kappa shape index (κ2) is 4.64. The maximum absolute atomic E-state index is 11.6. The van der Waals surface area contributed by atoms with Crippen molar-refractivity contribution in [2.45, 2.75) is 12.5 Å². The molecule has 1 aromatic carbocycles. The lowest BCUT2D eigenvalue weighted by Gasteiger charge is -2.13. The summed E-state index contributed by atoms with van der Waals surface area (Å²) >= 11 is 5.88. The minimum absolute atomic E-state index is 0.0227. The monoisotopic (exact) mass is 250 g/mol. The highest BCUT2D eigenvalue weighted by atomic mass is 35.5. The summed E-state index contributed by atoms with van der Waals surface area (Å²) in [6, 6.07) is 6.76. The lowest BCUT2D eigenvalue weighted by molar-refractivity contribution is -0.132. The highest BCUT2D eigenvalue weighted by molar-refractivity contribution is 6.31. The predicted octanol–water partition coefficient (Wildman–Crippen LogP) is 1.82. The zero-order chi connectivity index (χ0) is 12.4. The first-order chi connectivity index (χ1) is 8.11. The molecule has 0 N–H and O–H groups in total. The van der Waals surface area contributed by atoms with E-state index in [9.17, 15) is 4.79 Å². The van der Waals surface area contributed by atoms with Gasteiger partial charge in [0.05, 0.1) is 10.6 Å². The van der Waals surface area contributed by atoms with E-state index in [4.69, 9.17) is 21.6 Å². The Morgan fingerprint density at radius 2 is 2.35 bits per heavy atom. The van der Waals surface area contributed by atoms with Crippen LogP contribution < -0.4 is 4.74 Å². The number of halogens is 1. The Kier molecular flexibility index (Phi) is 3.21. The fraction of sp³-hybridized carbons (Fsp3) is 0.333. The van der Waals surface area contributed by atoms with Gasteiger partial charge in [-0.05, 0) is 12.1 Å². The SMILES string of the molecule is CN1CCC(Oc2ccc(C#N)c(Cl)c2)C1=O. The van der Waals surface area contributed by atoms with Gasteiger partial charge in [0.25, 0.3) is 5.91 Å². The topological polar surface area (TPSA) is 53.3 Å². The summed E-state index contributed by atoms with van der Waals surface area (Å²) in [5.41, 5.74) is 0.397. The smallest absolute Gasteiger partial charge is 0.263 e. The molecule has 0 bridgehead atoms. The maximum Gasteiger partial charge on any atom is 0.263 e. The van der Waals surface area contributed by atoms with Gasteiger partial charge >= 0.3 is 0 Å². The molecular formula is C12H11ClN2O2. The third-order valence-electron chi connectivity index (χ3n) is 2.72. The second-order valence-electron chi connectivity index (χ2n) is 3.91. The van der Waals surface area contributed by atoms with Gasteiger partial charge in [-0.15, -0.1) is 0 Å². The lowest BCUT2D eigenvalue weighted by Crippen LogP contribution is -2.29. The molecule has 0 radical (unpaired) electrons. The van der Waals surface area contributed by atoms with Gasteiger partial charge in [0, 0.05) is 26.1 Å². The summed E-state index contributed by atoms with van der Waals surface area (Å²) in [4.78, 5) is 13.3. The number of nitrogens with zero attached hydrogens (tertiary/aromatic N) is 2. The van der Waals surface area contributed by atoms with E-state index >= 15 is 0 Å². The summed E-state index contributed by atoms with van der Waals surface area (Å²) in [5, 5.41) is 9.07. The number of likely N-dealkylation sites (N-methyl/N-ethyl adjacent to an activating group) is 1. The molecule has 1 atom stereocenters. The van der Waals surface area contributed by atoms with Crippen LogP contribution >= 0.6 is 11.6 Å². The molecular weight excluding hydrogens is 240 g/mol. The van der Waals surface area contributed by atoms with E-state index in [0.717, 1.165) is 0 Å². The number of rotatable bonds is 2. The van der Waals surface area contributed by atoms with Crippen molar-refractivity contribution in [3.8, 4) is 11.8 Å². The highest BCUT2D eigenvalue weighted by Crippen LogP contribution is 2.24. The molecule has 1 fully saturated rings. The fourth-order valence-corrected chi connectivity index (χ4v) is 1.94. The Morgan fingerprint density at radius 3 is 2.88 bits per heavy atom. The van der Waals surface area contributed by atoms with Crippen LogP contribution in [0.1, 0.15) is 12.0 Å². The summed E-state index contributed by atoms with van der Waals surface area (Å²) in [6.45, 7) is 0.702. The molecule has 1 aliphatic heterocycles. The highest BCUT2D eigenvalue weighted by Gasteiger charge is 2.30. The van der Waals surface area contributed by atoms with E-state index in [2.05, 4.69) is 0 Å². The number of carbonyl (C=O) groups excluding carboxylic acids is 1. The Morgan fingerprint density at radius 1 is 1.59 bits per heavy atom. The molecule has 1 amide bonds. The van der Waals surface area contributed by atoms with E-state index < -0.39 is 6.10 Å². The standard InChI is InChI=1S/C12H11ClN2O2/c1-15-5-4-11(12(15)16)17-9-3-2-8(7-14)10(13)6-9/h2-3,6,11H,4-5H2,1H3. The van der Waals surface area contributed by atoms with Gasteiger partial charge in [-0.3, -0.25) is 4.79 Å². The van der Waals surface area contributed by atoms with Crippen molar-refractivity contribution >= 4 is 17.5 Å². The molecule has 1 aromatic rings. The van der Waals surface area contributed by atoms with E-state index in [1.807, 2.05) is 6.07 Å². The summed E-state index contributed by atoms with van der Waals surface area (Å²) in [5.74, 6) is 0.494. The number of amides is 1. The molecule has 17 heavy (non-hydrogen) atoms. The van der Waals surface area contributed by atoms with Crippen LogP contribution in [-0.2, 0) is 4.79 Å². The first kappa shape index (κ1) is 11.7. The van der Waals surface area contributed by atoms with Crippen LogP contribution in [-0.4, -0.2) is 30.5 Å². The number of hydrogen-bond acceptors (Lipinski definition) is 3. The first-order valence-electron chi connectivity index (χ1n) is 5.23. The maximum atomic E-state index is 11.6. The van der Waals surface area contributed by atoms with Gasteiger partial charge in [-0.1, -0.05) is 11.6 Å². The molecule has 0 spiro atoms. The molecule has 0 aliphatic carbocycles. The Bertz CT molecular complexity index is 496. The lowest BCUT2D eigenvalue weighted by atomic mass is 10.2. The van der Waals surface area contributed by atoms with E-state index in [-0.39, 0.29) is 5.91 Å². The Hall–Kier alpha value is -1.73. The van der Waals surface area contributed by atoms with Gasteiger partial charge in [0.2, 0.25) is 0 Å². The van der Waals surface area contributed by atoms with Crippen LogP contribution in [0.3, 0.4) is 0 Å². The van der Waals surface area contributed by atoms with E-state index in [1.54, 1.807) is 30.1 Å². The van der Waals surface area contributed by atoms with Crippen molar-refractivity contribution in [3.63, 3.8) is 0 Å². The quantitative estimate of drug-likeness (QED) is 0.805. The van der Waals surface area contributed by atoms with Crippen LogP contribution in [0.2, 0.25) is 5.02 Å².